The van der Waals surface area contributed by atoms with Crippen molar-refractivity contribution >= 4 is 5.69 Å². The lowest BCUT2D eigenvalue weighted by Gasteiger charge is -2.21. The van der Waals surface area contributed by atoms with Gasteiger partial charge in [0.1, 0.15) is 0 Å². The first kappa shape index (κ1) is 11.9. The summed E-state index contributed by atoms with van der Waals surface area (Å²) in [5.74, 6) is 0. The van der Waals surface area contributed by atoms with Crippen molar-refractivity contribution in [3.05, 3.63) is 59.4 Å². The number of fused-ring (bicyclic) bond motifs is 1. The molecule has 4 rings (SSSR count). The molecule has 2 aromatic rings. The Balaban J connectivity index is 1.56. The maximum Gasteiger partial charge on any atom is 0.0448 e. The van der Waals surface area contributed by atoms with Crippen LogP contribution in [0.1, 0.15) is 29.5 Å². The van der Waals surface area contributed by atoms with Gasteiger partial charge < -0.3 is 10.2 Å². The molecule has 2 aliphatic rings. The van der Waals surface area contributed by atoms with E-state index in [1.165, 1.54) is 35.2 Å². The van der Waals surface area contributed by atoms with Crippen molar-refractivity contribution in [3.63, 3.8) is 0 Å². The zero-order valence-corrected chi connectivity index (χ0v) is 11.5. The van der Waals surface area contributed by atoms with E-state index in [-0.39, 0.29) is 0 Å². The topological polar surface area (TPSA) is 28.2 Å². The van der Waals surface area contributed by atoms with Gasteiger partial charge in [-0.2, -0.15) is 0 Å². The molecule has 0 spiro atoms. The second-order valence-corrected chi connectivity index (χ2v) is 5.78. The van der Waals surface area contributed by atoms with Crippen LogP contribution in [0.5, 0.6) is 0 Å². The van der Waals surface area contributed by atoms with Crippen LogP contribution in [-0.2, 0) is 19.6 Å². The van der Waals surface area contributed by atoms with Crippen molar-refractivity contribution < 1.29 is 0 Å². The van der Waals surface area contributed by atoms with Gasteiger partial charge in [0.15, 0.2) is 0 Å². The SMILES string of the molecule is c1ccc2c(c1)CN(c1ccncc1CNC1CC1)C2. The highest BCUT2D eigenvalue weighted by Gasteiger charge is 2.23. The molecular weight excluding hydrogens is 246 g/mol. The molecule has 3 nitrogen and oxygen atoms in total. The normalized spacial score (nSPS) is 17.3. The molecule has 1 aliphatic heterocycles. The molecule has 1 saturated carbocycles. The summed E-state index contributed by atoms with van der Waals surface area (Å²) in [7, 11) is 0. The highest BCUT2D eigenvalue weighted by molar-refractivity contribution is 5.56. The highest BCUT2D eigenvalue weighted by atomic mass is 15.2. The standard InChI is InChI=1S/C17H19N3/c1-2-4-14-12-20(11-13(14)3-1)17-7-8-18-9-15(17)10-19-16-5-6-16/h1-4,7-9,16,19H,5-6,10-12H2. The van der Waals surface area contributed by atoms with E-state index in [0.717, 1.165) is 25.7 Å². The number of nitrogens with one attached hydrogen (secondary N) is 1. The van der Waals surface area contributed by atoms with E-state index < -0.39 is 0 Å². The Labute approximate surface area is 119 Å². The minimum Gasteiger partial charge on any atom is -0.362 e. The van der Waals surface area contributed by atoms with E-state index in [9.17, 15) is 0 Å². The first-order valence-corrected chi connectivity index (χ1v) is 7.38. The molecule has 1 aromatic carbocycles. The quantitative estimate of drug-likeness (QED) is 0.921. The number of rotatable bonds is 4. The first-order valence-electron chi connectivity index (χ1n) is 7.38. The molecule has 20 heavy (non-hydrogen) atoms. The fraction of sp³-hybridized carbons (Fsp3) is 0.353. The lowest BCUT2D eigenvalue weighted by atomic mass is 10.1. The number of aromatic nitrogens is 1. The van der Waals surface area contributed by atoms with Crippen LogP contribution in [0, 0.1) is 0 Å². The highest BCUT2D eigenvalue weighted by Crippen LogP contribution is 2.30. The van der Waals surface area contributed by atoms with Gasteiger partial charge in [-0.3, -0.25) is 4.98 Å². The number of hydrogen-bond donors (Lipinski definition) is 1. The summed E-state index contributed by atoms with van der Waals surface area (Å²) in [6.07, 6.45) is 6.56. The van der Waals surface area contributed by atoms with Gasteiger partial charge in [0.25, 0.3) is 0 Å². The summed E-state index contributed by atoms with van der Waals surface area (Å²) in [5.41, 5.74) is 5.53. The molecule has 1 fully saturated rings. The third-order valence-corrected chi connectivity index (χ3v) is 4.22. The van der Waals surface area contributed by atoms with Gasteiger partial charge in [0.05, 0.1) is 0 Å². The van der Waals surface area contributed by atoms with E-state index in [4.69, 9.17) is 0 Å². The zero-order chi connectivity index (χ0) is 13.4. The third-order valence-electron chi connectivity index (χ3n) is 4.22. The van der Waals surface area contributed by atoms with E-state index in [2.05, 4.69) is 45.5 Å². The summed E-state index contributed by atoms with van der Waals surface area (Å²) >= 11 is 0. The number of benzene rings is 1. The molecule has 0 amide bonds. The molecule has 1 aliphatic carbocycles. The van der Waals surface area contributed by atoms with Crippen LogP contribution in [0.3, 0.4) is 0 Å². The van der Waals surface area contributed by atoms with Gasteiger partial charge >= 0.3 is 0 Å². The van der Waals surface area contributed by atoms with E-state index in [0.29, 0.717) is 0 Å². The van der Waals surface area contributed by atoms with Crippen LogP contribution < -0.4 is 10.2 Å². The predicted octanol–water partition coefficient (Wildman–Crippen LogP) is 2.85. The molecule has 0 atom stereocenters. The zero-order valence-electron chi connectivity index (χ0n) is 11.5. The second kappa shape index (κ2) is 4.91. The second-order valence-electron chi connectivity index (χ2n) is 5.78. The Morgan fingerprint density at radius 2 is 1.85 bits per heavy atom. The first-order chi connectivity index (χ1) is 9.90. The van der Waals surface area contributed by atoms with Crippen molar-refractivity contribution in [3.8, 4) is 0 Å². The van der Waals surface area contributed by atoms with Crippen molar-refractivity contribution in [2.75, 3.05) is 4.90 Å². The predicted molar refractivity (Wildman–Crippen MR) is 80.4 cm³/mol. The van der Waals surface area contributed by atoms with Gasteiger partial charge in [-0.05, 0) is 30.0 Å². The minimum absolute atomic E-state index is 0.735. The molecule has 0 saturated heterocycles. The molecule has 0 bridgehead atoms. The monoisotopic (exact) mass is 265 g/mol. The fourth-order valence-corrected chi connectivity index (χ4v) is 2.91. The van der Waals surface area contributed by atoms with Gasteiger partial charge in [-0.25, -0.2) is 0 Å². The van der Waals surface area contributed by atoms with E-state index in [1.807, 2.05) is 12.4 Å². The number of nitrogens with zero attached hydrogens (tertiary/aromatic N) is 2. The lowest BCUT2D eigenvalue weighted by molar-refractivity contribution is 0.682. The van der Waals surface area contributed by atoms with Gasteiger partial charge in [-0.15, -0.1) is 0 Å². The smallest absolute Gasteiger partial charge is 0.0448 e. The molecule has 3 heteroatoms. The van der Waals surface area contributed by atoms with Crippen molar-refractivity contribution in [2.24, 2.45) is 0 Å². The molecule has 0 radical (unpaired) electrons. The van der Waals surface area contributed by atoms with Gasteiger partial charge in [-0.1, -0.05) is 24.3 Å². The van der Waals surface area contributed by atoms with E-state index in [1.54, 1.807) is 0 Å². The van der Waals surface area contributed by atoms with Crippen LogP contribution in [0.15, 0.2) is 42.7 Å². The Morgan fingerprint density at radius 1 is 1.10 bits per heavy atom. The molecule has 1 N–H and O–H groups in total. The Kier molecular flexibility index (Phi) is 2.92. The van der Waals surface area contributed by atoms with Gasteiger partial charge in [0.2, 0.25) is 0 Å². The number of pyridine rings is 1. The summed E-state index contributed by atoms with van der Waals surface area (Å²) < 4.78 is 0. The van der Waals surface area contributed by atoms with Crippen molar-refractivity contribution in [2.45, 2.75) is 38.5 Å². The summed E-state index contributed by atoms with van der Waals surface area (Å²) in [6.45, 7) is 2.95. The van der Waals surface area contributed by atoms with Crippen LogP contribution in [0.25, 0.3) is 0 Å². The van der Waals surface area contributed by atoms with Crippen molar-refractivity contribution in [1.29, 1.82) is 0 Å². The average Bonchev–Trinajstić information content (AvgIpc) is 3.22. The maximum absolute atomic E-state index is 4.30. The van der Waals surface area contributed by atoms with Gasteiger partial charge in [0, 0.05) is 49.3 Å². The summed E-state index contributed by atoms with van der Waals surface area (Å²) in [4.78, 5) is 6.75. The molecule has 1 aromatic heterocycles. The molecule has 2 heterocycles. The molecular formula is C17H19N3. The van der Waals surface area contributed by atoms with E-state index >= 15 is 0 Å². The maximum atomic E-state index is 4.30. The summed E-state index contributed by atoms with van der Waals surface area (Å²) in [6, 6.07) is 11.6. The molecule has 0 unspecified atom stereocenters. The Bertz CT molecular complexity index is 594. The minimum atomic E-state index is 0.735. The Hall–Kier alpha value is -1.87. The van der Waals surface area contributed by atoms with Crippen LogP contribution >= 0.6 is 0 Å². The lowest BCUT2D eigenvalue weighted by Crippen LogP contribution is -2.21. The summed E-state index contributed by atoms with van der Waals surface area (Å²) in [5, 5.41) is 3.59. The van der Waals surface area contributed by atoms with Crippen LogP contribution in [0.2, 0.25) is 0 Å². The van der Waals surface area contributed by atoms with Crippen molar-refractivity contribution in [1.82, 2.24) is 10.3 Å². The average molecular weight is 265 g/mol. The number of hydrogen-bond acceptors (Lipinski definition) is 3. The van der Waals surface area contributed by atoms with Crippen LogP contribution in [-0.4, -0.2) is 11.0 Å². The largest absolute Gasteiger partial charge is 0.362 e. The third kappa shape index (κ3) is 2.29. The Morgan fingerprint density at radius 3 is 2.55 bits per heavy atom. The fourth-order valence-electron chi connectivity index (χ4n) is 2.91. The number of anilines is 1. The van der Waals surface area contributed by atoms with Crippen LogP contribution in [0.4, 0.5) is 5.69 Å². The molecule has 102 valence electrons.